The van der Waals surface area contributed by atoms with E-state index in [0.717, 1.165) is 0 Å². The number of nitrogens with one attached hydrogen (secondary N) is 3. The van der Waals surface area contributed by atoms with Crippen LogP contribution in [0.5, 0.6) is 0 Å². The van der Waals surface area contributed by atoms with Crippen LogP contribution in [0.2, 0.25) is 0 Å². The van der Waals surface area contributed by atoms with Gasteiger partial charge in [-0.1, -0.05) is 0 Å². The minimum atomic E-state index is -1.42. The number of carbonyl (C=O) groups excluding carboxylic acids is 2. The van der Waals surface area contributed by atoms with E-state index in [9.17, 15) is 14.4 Å². The molecule has 18 heavy (non-hydrogen) atoms. The average Bonchev–Trinajstić information content (AvgIpc) is 2.25. The topological polar surface area (TPSA) is 128 Å². The summed E-state index contributed by atoms with van der Waals surface area (Å²) < 4.78 is 0. The highest BCUT2D eigenvalue weighted by Crippen LogP contribution is 1.93. The second-order valence-electron chi connectivity index (χ2n) is 3.79. The van der Waals surface area contributed by atoms with Gasteiger partial charge < -0.3 is 26.2 Å². The summed E-state index contributed by atoms with van der Waals surface area (Å²) in [6, 6.07) is -3.05. The van der Waals surface area contributed by atoms with E-state index in [2.05, 4.69) is 16.0 Å². The van der Waals surface area contributed by atoms with Crippen molar-refractivity contribution in [1.82, 2.24) is 16.0 Å². The van der Waals surface area contributed by atoms with Crippen LogP contribution in [0.15, 0.2) is 0 Å². The molecule has 0 spiro atoms. The largest absolute Gasteiger partial charge is 0.480 e. The number of urea groups is 1. The average molecular weight is 261 g/mol. The first-order valence-corrected chi connectivity index (χ1v) is 5.55. The quantitative estimate of drug-likeness (QED) is 0.403. The molecule has 0 aromatic carbocycles. The lowest BCUT2D eigenvalue weighted by molar-refractivity contribution is -0.141. The number of rotatable bonds is 6. The Bertz CT molecular complexity index is 319. The predicted octanol–water partition coefficient (Wildman–Crippen LogP) is -1.36. The summed E-state index contributed by atoms with van der Waals surface area (Å²) in [5, 5.41) is 24.7. The van der Waals surface area contributed by atoms with Crippen LogP contribution < -0.4 is 16.0 Å². The van der Waals surface area contributed by atoms with Crippen molar-refractivity contribution >= 4 is 17.9 Å². The molecule has 0 aromatic heterocycles. The molecule has 0 aliphatic rings. The van der Waals surface area contributed by atoms with E-state index in [0.29, 0.717) is 6.54 Å². The van der Waals surface area contributed by atoms with Gasteiger partial charge in [0.15, 0.2) is 6.04 Å². The van der Waals surface area contributed by atoms with E-state index in [-0.39, 0.29) is 5.91 Å². The monoisotopic (exact) mass is 261 g/mol. The molecule has 0 heterocycles. The van der Waals surface area contributed by atoms with Gasteiger partial charge in [0.25, 0.3) is 0 Å². The molecule has 3 atom stereocenters. The number of amides is 3. The molecular formula is C10H19N3O5. The van der Waals surface area contributed by atoms with Gasteiger partial charge in [0.2, 0.25) is 5.91 Å². The molecule has 0 saturated carbocycles. The van der Waals surface area contributed by atoms with E-state index in [1.807, 2.05) is 0 Å². The number of aliphatic hydroxyl groups excluding tert-OH is 1. The Labute approximate surface area is 105 Å². The summed E-state index contributed by atoms with van der Waals surface area (Å²) in [6.45, 7) is 4.87. The maximum absolute atomic E-state index is 11.4. The van der Waals surface area contributed by atoms with Gasteiger partial charge >= 0.3 is 12.0 Å². The first-order chi connectivity index (χ1) is 8.29. The van der Waals surface area contributed by atoms with Crippen LogP contribution in [0.1, 0.15) is 20.8 Å². The Hall–Kier alpha value is -1.83. The van der Waals surface area contributed by atoms with Crippen molar-refractivity contribution < 1.29 is 24.6 Å². The summed E-state index contributed by atoms with van der Waals surface area (Å²) in [4.78, 5) is 33.4. The first kappa shape index (κ1) is 16.2. The Kier molecular flexibility index (Phi) is 6.73. The molecule has 104 valence electrons. The lowest BCUT2D eigenvalue weighted by Crippen LogP contribution is -2.55. The first-order valence-electron chi connectivity index (χ1n) is 5.55. The van der Waals surface area contributed by atoms with E-state index in [4.69, 9.17) is 10.2 Å². The van der Waals surface area contributed by atoms with Crippen molar-refractivity contribution in [3.05, 3.63) is 0 Å². The van der Waals surface area contributed by atoms with E-state index >= 15 is 0 Å². The zero-order valence-corrected chi connectivity index (χ0v) is 10.6. The van der Waals surface area contributed by atoms with Crippen LogP contribution in [0, 0.1) is 0 Å². The lowest BCUT2D eigenvalue weighted by atomic mass is 10.2. The minimum absolute atomic E-state index is 0.378. The Morgan fingerprint density at radius 2 is 1.72 bits per heavy atom. The molecule has 8 nitrogen and oxygen atoms in total. The fourth-order valence-electron chi connectivity index (χ4n) is 1.16. The maximum Gasteiger partial charge on any atom is 0.328 e. The van der Waals surface area contributed by atoms with Crippen LogP contribution in [-0.4, -0.2) is 52.9 Å². The molecule has 0 aliphatic heterocycles. The Morgan fingerprint density at radius 3 is 2.11 bits per heavy atom. The molecule has 8 heteroatoms. The zero-order chi connectivity index (χ0) is 14.3. The normalized spacial score (nSPS) is 15.1. The van der Waals surface area contributed by atoms with Gasteiger partial charge in [-0.05, 0) is 20.8 Å². The number of carboxylic acid groups (broad SMARTS) is 1. The van der Waals surface area contributed by atoms with Crippen molar-refractivity contribution in [3.8, 4) is 0 Å². The highest BCUT2D eigenvalue weighted by Gasteiger charge is 2.26. The minimum Gasteiger partial charge on any atom is -0.480 e. The Morgan fingerprint density at radius 1 is 1.17 bits per heavy atom. The van der Waals surface area contributed by atoms with Crippen molar-refractivity contribution in [1.29, 1.82) is 0 Å². The van der Waals surface area contributed by atoms with Gasteiger partial charge in [-0.15, -0.1) is 0 Å². The third kappa shape index (κ3) is 5.48. The van der Waals surface area contributed by atoms with Crippen molar-refractivity contribution in [2.45, 2.75) is 39.0 Å². The van der Waals surface area contributed by atoms with Crippen LogP contribution in [-0.2, 0) is 9.59 Å². The van der Waals surface area contributed by atoms with E-state index < -0.39 is 30.2 Å². The summed E-state index contributed by atoms with van der Waals surface area (Å²) in [7, 11) is 0. The SMILES string of the molecule is CCNC(=O)C(C)NC(=O)N[C@H](C(=O)O)[C@@H](C)O. The number of likely N-dealkylation sites (N-methyl/N-ethyl adjacent to an activating group) is 1. The highest BCUT2D eigenvalue weighted by molar-refractivity contribution is 5.88. The van der Waals surface area contributed by atoms with Gasteiger partial charge in [0.05, 0.1) is 6.10 Å². The summed E-state index contributed by atoms with van der Waals surface area (Å²) in [5.41, 5.74) is 0. The summed E-state index contributed by atoms with van der Waals surface area (Å²) in [6.07, 6.45) is -1.24. The second-order valence-corrected chi connectivity index (χ2v) is 3.79. The lowest BCUT2D eigenvalue weighted by Gasteiger charge is -2.19. The number of carboxylic acids is 1. The summed E-state index contributed by atoms with van der Waals surface area (Å²) in [5.74, 6) is -1.73. The van der Waals surface area contributed by atoms with E-state index in [1.54, 1.807) is 6.92 Å². The third-order valence-electron chi connectivity index (χ3n) is 2.13. The molecule has 1 unspecified atom stereocenters. The number of aliphatic hydroxyl groups is 1. The van der Waals surface area contributed by atoms with Gasteiger partial charge in [0.1, 0.15) is 6.04 Å². The highest BCUT2D eigenvalue weighted by atomic mass is 16.4. The maximum atomic E-state index is 11.4. The molecule has 0 radical (unpaired) electrons. The van der Waals surface area contributed by atoms with Crippen LogP contribution in [0.4, 0.5) is 4.79 Å². The molecule has 5 N–H and O–H groups in total. The van der Waals surface area contributed by atoms with E-state index in [1.165, 1.54) is 13.8 Å². The molecule has 0 aliphatic carbocycles. The van der Waals surface area contributed by atoms with Crippen LogP contribution in [0.25, 0.3) is 0 Å². The Balaban J connectivity index is 4.33. The van der Waals surface area contributed by atoms with Gasteiger partial charge in [-0.25, -0.2) is 9.59 Å². The van der Waals surface area contributed by atoms with Gasteiger partial charge in [-0.3, -0.25) is 4.79 Å². The number of hydrogen-bond acceptors (Lipinski definition) is 4. The molecule has 0 aromatic rings. The predicted molar refractivity (Wildman–Crippen MR) is 62.9 cm³/mol. The fourth-order valence-corrected chi connectivity index (χ4v) is 1.16. The van der Waals surface area contributed by atoms with Crippen LogP contribution >= 0.6 is 0 Å². The molecule has 0 fully saturated rings. The third-order valence-corrected chi connectivity index (χ3v) is 2.13. The fraction of sp³-hybridized carbons (Fsp3) is 0.700. The molecule has 3 amide bonds. The number of carbonyl (C=O) groups is 3. The van der Waals surface area contributed by atoms with Gasteiger partial charge in [0, 0.05) is 6.54 Å². The van der Waals surface area contributed by atoms with Crippen LogP contribution in [0.3, 0.4) is 0 Å². The van der Waals surface area contributed by atoms with Gasteiger partial charge in [-0.2, -0.15) is 0 Å². The molecule has 0 saturated heterocycles. The van der Waals surface area contributed by atoms with Crippen molar-refractivity contribution in [2.75, 3.05) is 6.54 Å². The molecule has 0 bridgehead atoms. The van der Waals surface area contributed by atoms with Crippen molar-refractivity contribution in [3.63, 3.8) is 0 Å². The standard InChI is InChI=1S/C10H19N3O5/c1-4-11-8(15)5(2)12-10(18)13-7(6(3)14)9(16)17/h5-7,14H,4H2,1-3H3,(H,11,15)(H,16,17)(H2,12,13,18)/t5?,6-,7+/m1/s1. The molecular weight excluding hydrogens is 242 g/mol. The molecule has 0 rings (SSSR count). The summed E-state index contributed by atoms with van der Waals surface area (Å²) >= 11 is 0. The number of hydrogen-bond donors (Lipinski definition) is 5. The zero-order valence-electron chi connectivity index (χ0n) is 10.6. The number of aliphatic carboxylic acids is 1. The smallest absolute Gasteiger partial charge is 0.328 e. The second kappa shape index (κ2) is 7.49. The van der Waals surface area contributed by atoms with Crippen molar-refractivity contribution in [2.24, 2.45) is 0 Å².